The Labute approximate surface area is 172 Å². The summed E-state index contributed by atoms with van der Waals surface area (Å²) in [5.74, 6) is 0.815. The number of amides is 1. The van der Waals surface area contributed by atoms with Crippen LogP contribution in [0.1, 0.15) is 5.56 Å². The predicted octanol–water partition coefficient (Wildman–Crippen LogP) is 4.73. The van der Waals surface area contributed by atoms with Crippen LogP contribution < -0.4 is 10.1 Å². The van der Waals surface area contributed by atoms with Crippen LogP contribution in [0.2, 0.25) is 0 Å². The number of halogens is 1. The van der Waals surface area contributed by atoms with Crippen molar-refractivity contribution in [2.75, 3.05) is 12.4 Å². The number of ether oxygens (including phenoxy) is 1. The van der Waals surface area contributed by atoms with Gasteiger partial charge in [-0.2, -0.15) is 4.98 Å². The number of nitrogens with one attached hydrogen (secondary N) is 1. The van der Waals surface area contributed by atoms with Gasteiger partial charge in [-0.1, -0.05) is 29.4 Å². The van der Waals surface area contributed by atoms with Crippen molar-refractivity contribution in [2.24, 2.45) is 0 Å². The lowest BCUT2D eigenvalue weighted by molar-refractivity contribution is -0.115. The van der Waals surface area contributed by atoms with E-state index < -0.39 is 0 Å². The molecule has 0 unspecified atom stereocenters. The first-order chi connectivity index (χ1) is 14.6. The highest BCUT2D eigenvalue weighted by Gasteiger charge is 2.15. The van der Waals surface area contributed by atoms with Crippen LogP contribution in [0.25, 0.3) is 22.8 Å². The molecule has 1 N–H and O–H groups in total. The molecule has 7 heteroatoms. The van der Waals surface area contributed by atoms with Gasteiger partial charge in [-0.3, -0.25) is 4.79 Å². The quantitative estimate of drug-likeness (QED) is 0.504. The van der Waals surface area contributed by atoms with Crippen molar-refractivity contribution in [1.29, 1.82) is 0 Å². The van der Waals surface area contributed by atoms with Gasteiger partial charge in [0.25, 0.3) is 5.89 Å². The van der Waals surface area contributed by atoms with Crippen LogP contribution in [0.4, 0.5) is 10.1 Å². The minimum absolute atomic E-state index is 0.175. The molecule has 1 aromatic heterocycles. The number of para-hydroxylation sites is 1. The van der Waals surface area contributed by atoms with Crippen LogP contribution in [-0.4, -0.2) is 23.2 Å². The molecule has 0 aliphatic carbocycles. The second-order valence-corrected chi connectivity index (χ2v) is 6.55. The maximum absolute atomic E-state index is 13.1. The van der Waals surface area contributed by atoms with Gasteiger partial charge in [0, 0.05) is 5.56 Å². The second kappa shape index (κ2) is 8.57. The first kappa shape index (κ1) is 19.3. The van der Waals surface area contributed by atoms with Gasteiger partial charge in [0.15, 0.2) is 0 Å². The van der Waals surface area contributed by atoms with Gasteiger partial charge in [-0.15, -0.1) is 0 Å². The lowest BCUT2D eigenvalue weighted by atomic mass is 10.1. The highest BCUT2D eigenvalue weighted by Crippen LogP contribution is 2.28. The van der Waals surface area contributed by atoms with Crippen molar-refractivity contribution in [2.45, 2.75) is 6.42 Å². The van der Waals surface area contributed by atoms with Gasteiger partial charge < -0.3 is 14.6 Å². The Morgan fingerprint density at radius 1 is 1.03 bits per heavy atom. The third-order valence-electron chi connectivity index (χ3n) is 4.48. The van der Waals surface area contributed by atoms with E-state index in [1.54, 1.807) is 31.4 Å². The SMILES string of the molecule is COc1ccc(CC(=O)Nc2ccccc2-c2nc(-c3ccc(F)cc3)no2)cc1. The van der Waals surface area contributed by atoms with E-state index in [0.29, 0.717) is 22.6 Å². The largest absolute Gasteiger partial charge is 0.497 e. The standard InChI is InChI=1S/C23H18FN3O3/c1-29-18-12-6-15(7-13-18)14-21(28)25-20-5-3-2-4-19(20)23-26-22(27-30-23)16-8-10-17(24)11-9-16/h2-13H,14H2,1H3,(H,25,28). The third-order valence-corrected chi connectivity index (χ3v) is 4.48. The van der Waals surface area contributed by atoms with E-state index >= 15 is 0 Å². The molecule has 1 amide bonds. The Kier molecular flexibility index (Phi) is 5.52. The highest BCUT2D eigenvalue weighted by atomic mass is 19.1. The van der Waals surface area contributed by atoms with E-state index in [2.05, 4.69) is 15.5 Å². The molecular formula is C23H18FN3O3. The van der Waals surface area contributed by atoms with Crippen molar-refractivity contribution >= 4 is 11.6 Å². The molecule has 0 aliphatic rings. The lowest BCUT2D eigenvalue weighted by Crippen LogP contribution is -2.15. The first-order valence-electron chi connectivity index (χ1n) is 9.24. The molecule has 1 heterocycles. The normalized spacial score (nSPS) is 10.6. The molecule has 0 spiro atoms. The summed E-state index contributed by atoms with van der Waals surface area (Å²) < 4.78 is 23.6. The van der Waals surface area contributed by atoms with Gasteiger partial charge >= 0.3 is 0 Å². The number of carbonyl (C=O) groups excluding carboxylic acids is 1. The summed E-state index contributed by atoms with van der Waals surface area (Å²) in [6.45, 7) is 0. The van der Waals surface area contributed by atoms with E-state index in [1.165, 1.54) is 12.1 Å². The number of rotatable bonds is 6. The van der Waals surface area contributed by atoms with E-state index in [9.17, 15) is 9.18 Å². The zero-order valence-corrected chi connectivity index (χ0v) is 16.1. The molecule has 150 valence electrons. The zero-order chi connectivity index (χ0) is 20.9. The van der Waals surface area contributed by atoms with Gasteiger partial charge in [0.1, 0.15) is 11.6 Å². The summed E-state index contributed by atoms with van der Waals surface area (Å²) in [5.41, 5.74) is 2.65. The Bertz CT molecular complexity index is 1160. The average Bonchev–Trinajstić information content (AvgIpc) is 3.25. The number of hydrogen-bond acceptors (Lipinski definition) is 5. The zero-order valence-electron chi connectivity index (χ0n) is 16.1. The monoisotopic (exact) mass is 403 g/mol. The summed E-state index contributed by atoms with van der Waals surface area (Å²) in [4.78, 5) is 16.9. The molecule has 0 bridgehead atoms. The fourth-order valence-corrected chi connectivity index (χ4v) is 2.95. The number of methoxy groups -OCH3 is 1. The molecular weight excluding hydrogens is 385 g/mol. The van der Waals surface area contributed by atoms with Crippen molar-refractivity contribution in [3.8, 4) is 28.6 Å². The average molecular weight is 403 g/mol. The Morgan fingerprint density at radius 3 is 2.50 bits per heavy atom. The Morgan fingerprint density at radius 2 is 1.77 bits per heavy atom. The number of aromatic nitrogens is 2. The van der Waals surface area contributed by atoms with Crippen LogP contribution in [0, 0.1) is 5.82 Å². The number of benzene rings is 3. The van der Waals surface area contributed by atoms with Crippen LogP contribution in [0.3, 0.4) is 0 Å². The molecule has 0 saturated heterocycles. The molecule has 0 saturated carbocycles. The summed E-state index contributed by atoms with van der Waals surface area (Å²) in [6, 6.07) is 20.3. The fourth-order valence-electron chi connectivity index (χ4n) is 2.95. The van der Waals surface area contributed by atoms with E-state index in [4.69, 9.17) is 9.26 Å². The minimum atomic E-state index is -0.340. The third kappa shape index (κ3) is 4.35. The summed E-state index contributed by atoms with van der Waals surface area (Å²) in [5, 5.41) is 6.86. The second-order valence-electron chi connectivity index (χ2n) is 6.55. The molecule has 4 aromatic rings. The lowest BCUT2D eigenvalue weighted by Gasteiger charge is -2.09. The van der Waals surface area contributed by atoms with Crippen LogP contribution in [0.5, 0.6) is 5.75 Å². The molecule has 4 rings (SSSR count). The topological polar surface area (TPSA) is 77.2 Å². The van der Waals surface area contributed by atoms with Crippen molar-refractivity contribution in [1.82, 2.24) is 10.1 Å². The van der Waals surface area contributed by atoms with Crippen molar-refractivity contribution in [3.63, 3.8) is 0 Å². The van der Waals surface area contributed by atoms with E-state index in [-0.39, 0.29) is 24.0 Å². The number of hydrogen-bond donors (Lipinski definition) is 1. The molecule has 0 radical (unpaired) electrons. The number of carbonyl (C=O) groups is 1. The van der Waals surface area contributed by atoms with Crippen LogP contribution >= 0.6 is 0 Å². The van der Waals surface area contributed by atoms with E-state index in [1.807, 2.05) is 36.4 Å². The first-order valence-corrected chi connectivity index (χ1v) is 9.24. The van der Waals surface area contributed by atoms with Crippen molar-refractivity contribution in [3.05, 3.63) is 84.2 Å². The minimum Gasteiger partial charge on any atom is -0.497 e. The maximum Gasteiger partial charge on any atom is 0.260 e. The smallest absolute Gasteiger partial charge is 0.260 e. The number of anilines is 1. The Balaban J connectivity index is 1.52. The summed E-state index contributed by atoms with van der Waals surface area (Å²) in [7, 11) is 1.59. The maximum atomic E-state index is 13.1. The van der Waals surface area contributed by atoms with Gasteiger partial charge in [-0.25, -0.2) is 4.39 Å². The van der Waals surface area contributed by atoms with Crippen LogP contribution in [-0.2, 0) is 11.2 Å². The predicted molar refractivity (Wildman–Crippen MR) is 110 cm³/mol. The molecule has 3 aromatic carbocycles. The molecule has 0 aliphatic heterocycles. The Hall–Kier alpha value is -4.00. The van der Waals surface area contributed by atoms with Crippen molar-refractivity contribution < 1.29 is 18.4 Å². The number of nitrogens with zero attached hydrogens (tertiary/aromatic N) is 2. The van der Waals surface area contributed by atoms with Gasteiger partial charge in [0.05, 0.1) is 24.8 Å². The fraction of sp³-hybridized carbons (Fsp3) is 0.0870. The molecule has 6 nitrogen and oxygen atoms in total. The van der Waals surface area contributed by atoms with Crippen LogP contribution in [0.15, 0.2) is 77.3 Å². The highest BCUT2D eigenvalue weighted by molar-refractivity contribution is 5.95. The molecule has 30 heavy (non-hydrogen) atoms. The van der Waals surface area contributed by atoms with E-state index in [0.717, 1.165) is 11.3 Å². The molecule has 0 atom stereocenters. The summed E-state index contributed by atoms with van der Waals surface area (Å²) >= 11 is 0. The molecule has 0 fully saturated rings. The van der Waals surface area contributed by atoms with Gasteiger partial charge in [0.2, 0.25) is 11.7 Å². The van der Waals surface area contributed by atoms with Gasteiger partial charge in [-0.05, 0) is 54.1 Å². The summed E-state index contributed by atoms with van der Waals surface area (Å²) in [6.07, 6.45) is 0.211.